The van der Waals surface area contributed by atoms with Crippen LogP contribution in [0.25, 0.3) is 11.4 Å². The van der Waals surface area contributed by atoms with Crippen molar-refractivity contribution in [2.75, 3.05) is 20.2 Å². The molecule has 1 N–H and O–H groups in total. The number of aryl methyl sites for hydroxylation is 2. The van der Waals surface area contributed by atoms with Gasteiger partial charge < -0.3 is 19.5 Å². The van der Waals surface area contributed by atoms with Crippen molar-refractivity contribution in [2.24, 2.45) is 13.0 Å². The SMILES string of the molecule is Cc1nc(-c2nnn(C)c2COC(=O)N(C)CCCCOS(=O)(=O)c2ccc([N+](=O)[O-])cc2)ccc1O[C@H]1CCC[C@H](C(=O)O)C1. The highest BCUT2D eigenvalue weighted by atomic mass is 32.2. The first-order valence-corrected chi connectivity index (χ1v) is 16.0. The molecule has 1 aliphatic rings. The minimum absolute atomic E-state index is 0.129. The van der Waals surface area contributed by atoms with Gasteiger partial charge in [0.1, 0.15) is 23.7 Å². The number of hydrogen-bond donors (Lipinski definition) is 1. The number of carboxylic acids is 1. The van der Waals surface area contributed by atoms with Gasteiger partial charge in [0, 0.05) is 32.8 Å². The first-order chi connectivity index (χ1) is 21.9. The highest BCUT2D eigenvalue weighted by Gasteiger charge is 2.29. The molecule has 1 fully saturated rings. The Morgan fingerprint density at radius 3 is 2.57 bits per heavy atom. The van der Waals surface area contributed by atoms with Crippen LogP contribution in [0.3, 0.4) is 0 Å². The Morgan fingerprint density at radius 1 is 1.15 bits per heavy atom. The number of hydrogen-bond acceptors (Lipinski definition) is 12. The molecule has 1 saturated carbocycles. The molecule has 2 heterocycles. The average molecular weight is 661 g/mol. The van der Waals surface area contributed by atoms with Crippen LogP contribution in [0.4, 0.5) is 10.5 Å². The predicted octanol–water partition coefficient (Wildman–Crippen LogP) is 3.87. The number of rotatable bonds is 14. The number of ether oxygens (including phenoxy) is 2. The summed E-state index contributed by atoms with van der Waals surface area (Å²) in [5.41, 5.74) is 1.83. The summed E-state index contributed by atoms with van der Waals surface area (Å²) in [7, 11) is -0.859. The Labute approximate surface area is 265 Å². The van der Waals surface area contributed by atoms with Gasteiger partial charge in [0.25, 0.3) is 15.8 Å². The Kier molecular flexibility index (Phi) is 11.2. The van der Waals surface area contributed by atoms with Crippen LogP contribution in [0.15, 0.2) is 41.3 Å². The maximum Gasteiger partial charge on any atom is 0.409 e. The molecule has 0 radical (unpaired) electrons. The van der Waals surface area contributed by atoms with Crippen molar-refractivity contribution in [3.8, 4) is 17.1 Å². The number of aromatic nitrogens is 4. The van der Waals surface area contributed by atoms with Crippen LogP contribution in [0.1, 0.15) is 49.9 Å². The molecule has 0 bridgehead atoms. The van der Waals surface area contributed by atoms with Crippen LogP contribution in [0.2, 0.25) is 0 Å². The van der Waals surface area contributed by atoms with Gasteiger partial charge in [-0.2, -0.15) is 8.42 Å². The van der Waals surface area contributed by atoms with Crippen LogP contribution in [0.5, 0.6) is 5.75 Å². The summed E-state index contributed by atoms with van der Waals surface area (Å²) in [6.07, 6.45) is 2.61. The number of non-ortho nitro benzene ring substituents is 1. The number of nitro benzene ring substituents is 1. The van der Waals surface area contributed by atoms with Gasteiger partial charge in [-0.15, -0.1) is 5.10 Å². The van der Waals surface area contributed by atoms with E-state index in [1.165, 1.54) is 9.58 Å². The molecular formula is C29H36N6O10S. The van der Waals surface area contributed by atoms with Gasteiger partial charge in [0.2, 0.25) is 0 Å². The molecular weight excluding hydrogens is 624 g/mol. The third-order valence-electron chi connectivity index (χ3n) is 7.60. The van der Waals surface area contributed by atoms with Crippen LogP contribution in [-0.2, 0) is 37.5 Å². The zero-order valence-electron chi connectivity index (χ0n) is 25.7. The van der Waals surface area contributed by atoms with Crippen molar-refractivity contribution in [2.45, 2.75) is 63.1 Å². The van der Waals surface area contributed by atoms with Gasteiger partial charge in [-0.1, -0.05) is 5.21 Å². The summed E-state index contributed by atoms with van der Waals surface area (Å²) in [4.78, 5) is 39.9. The lowest BCUT2D eigenvalue weighted by Crippen LogP contribution is -2.29. The summed E-state index contributed by atoms with van der Waals surface area (Å²) in [6, 6.07) is 7.88. The minimum Gasteiger partial charge on any atom is -0.489 e. The van der Waals surface area contributed by atoms with E-state index in [0.29, 0.717) is 54.2 Å². The van der Waals surface area contributed by atoms with E-state index in [4.69, 9.17) is 13.7 Å². The van der Waals surface area contributed by atoms with Crippen molar-refractivity contribution in [1.29, 1.82) is 0 Å². The van der Waals surface area contributed by atoms with E-state index < -0.39 is 33.0 Å². The van der Waals surface area contributed by atoms with Gasteiger partial charge in [0.15, 0.2) is 0 Å². The first kappa shape index (κ1) is 34.2. The summed E-state index contributed by atoms with van der Waals surface area (Å²) in [5.74, 6) is -0.654. The van der Waals surface area contributed by atoms with Crippen LogP contribution < -0.4 is 4.74 Å². The molecule has 0 unspecified atom stereocenters. The molecule has 0 spiro atoms. The zero-order valence-corrected chi connectivity index (χ0v) is 26.5. The number of carboxylic acid groups (broad SMARTS) is 1. The van der Waals surface area contributed by atoms with Crippen molar-refractivity contribution < 1.29 is 41.7 Å². The van der Waals surface area contributed by atoms with Crippen molar-refractivity contribution in [3.63, 3.8) is 0 Å². The third-order valence-corrected chi connectivity index (χ3v) is 8.92. The molecule has 1 amide bonds. The van der Waals surface area contributed by atoms with E-state index in [9.17, 15) is 33.2 Å². The van der Waals surface area contributed by atoms with Crippen molar-refractivity contribution >= 4 is 27.9 Å². The number of carbonyl (C=O) groups excluding carboxylic acids is 1. The number of aliphatic carboxylic acids is 1. The number of benzene rings is 1. The predicted molar refractivity (Wildman–Crippen MR) is 161 cm³/mol. The molecule has 1 aromatic carbocycles. The second kappa shape index (κ2) is 15.1. The van der Waals surface area contributed by atoms with Gasteiger partial charge >= 0.3 is 12.1 Å². The van der Waals surface area contributed by atoms with E-state index in [1.54, 1.807) is 33.2 Å². The molecule has 248 valence electrons. The van der Waals surface area contributed by atoms with E-state index >= 15 is 0 Å². The summed E-state index contributed by atoms with van der Waals surface area (Å²) in [5, 5.41) is 28.4. The fourth-order valence-electron chi connectivity index (χ4n) is 4.95. The molecule has 0 saturated heterocycles. The minimum atomic E-state index is -4.08. The second-order valence-electron chi connectivity index (χ2n) is 10.9. The van der Waals surface area contributed by atoms with E-state index in [1.807, 2.05) is 0 Å². The molecule has 46 heavy (non-hydrogen) atoms. The maximum absolute atomic E-state index is 12.6. The number of nitro groups is 1. The van der Waals surface area contributed by atoms with E-state index in [0.717, 1.165) is 37.1 Å². The molecule has 0 aliphatic heterocycles. The third kappa shape index (κ3) is 8.75. The quantitative estimate of drug-likeness (QED) is 0.113. The Morgan fingerprint density at radius 2 is 1.89 bits per heavy atom. The highest BCUT2D eigenvalue weighted by Crippen LogP contribution is 2.30. The summed E-state index contributed by atoms with van der Waals surface area (Å²) >= 11 is 0. The van der Waals surface area contributed by atoms with E-state index in [-0.39, 0.29) is 36.4 Å². The molecule has 2 aromatic heterocycles. The van der Waals surface area contributed by atoms with Gasteiger partial charge in [-0.3, -0.25) is 19.1 Å². The molecule has 4 rings (SSSR count). The number of carbonyl (C=O) groups is 2. The van der Waals surface area contributed by atoms with Gasteiger partial charge in [0.05, 0.1) is 39.8 Å². The Hall–Kier alpha value is -4.64. The lowest BCUT2D eigenvalue weighted by atomic mass is 9.87. The van der Waals surface area contributed by atoms with Crippen molar-refractivity contribution in [3.05, 3.63) is 57.9 Å². The molecule has 3 aromatic rings. The summed E-state index contributed by atoms with van der Waals surface area (Å²) in [6.45, 7) is 1.80. The lowest BCUT2D eigenvalue weighted by molar-refractivity contribution is -0.384. The number of pyridine rings is 1. The molecule has 2 atom stereocenters. The zero-order chi connectivity index (χ0) is 33.4. The fourth-order valence-corrected chi connectivity index (χ4v) is 5.89. The highest BCUT2D eigenvalue weighted by molar-refractivity contribution is 7.86. The fraction of sp³-hybridized carbons (Fsp3) is 0.483. The Balaban J connectivity index is 1.25. The lowest BCUT2D eigenvalue weighted by Gasteiger charge is -2.27. The molecule has 17 heteroatoms. The number of nitrogens with zero attached hydrogens (tertiary/aromatic N) is 6. The largest absolute Gasteiger partial charge is 0.489 e. The van der Waals surface area contributed by atoms with Crippen molar-refractivity contribution in [1.82, 2.24) is 24.9 Å². The monoisotopic (exact) mass is 660 g/mol. The first-order valence-electron chi connectivity index (χ1n) is 14.6. The van der Waals surface area contributed by atoms with E-state index in [2.05, 4.69) is 15.3 Å². The molecule has 16 nitrogen and oxygen atoms in total. The van der Waals surface area contributed by atoms with Gasteiger partial charge in [-0.05, 0) is 69.7 Å². The normalized spacial score (nSPS) is 16.5. The number of unbranched alkanes of at least 4 members (excludes halogenated alkanes) is 1. The van der Waals surface area contributed by atoms with Crippen LogP contribution in [0, 0.1) is 23.0 Å². The van der Waals surface area contributed by atoms with Crippen LogP contribution in [-0.4, -0.2) is 81.7 Å². The second-order valence-corrected chi connectivity index (χ2v) is 12.6. The van der Waals surface area contributed by atoms with Gasteiger partial charge in [-0.25, -0.2) is 14.5 Å². The smallest absolute Gasteiger partial charge is 0.409 e. The Bertz CT molecular complexity index is 1660. The summed E-state index contributed by atoms with van der Waals surface area (Å²) < 4.78 is 42.7. The average Bonchev–Trinajstić information content (AvgIpc) is 3.40. The standard InChI is InChI=1S/C29H36N6O10S/c1-19-26(45-22-8-6-7-20(17-22)28(36)37)14-13-24(30-19)27-25(34(3)32-31-27)18-43-29(38)33(2)15-4-5-16-44-46(41,42)23-11-9-21(10-12-23)35(39)40/h9-14,20,22H,4-8,15-18H2,1-3H3,(H,36,37)/t20-,22-/m0/s1. The molecule has 1 aliphatic carbocycles. The topological polar surface area (TPSA) is 206 Å². The number of amides is 1. The van der Waals surface area contributed by atoms with Crippen LogP contribution >= 0.6 is 0 Å². The maximum atomic E-state index is 12.6.